The third-order valence-electron chi connectivity index (χ3n) is 4.41. The van der Waals surface area contributed by atoms with E-state index in [1.165, 1.54) is 17.9 Å². The highest BCUT2D eigenvalue weighted by Crippen LogP contribution is 2.39. The van der Waals surface area contributed by atoms with E-state index in [2.05, 4.69) is 15.0 Å². The van der Waals surface area contributed by atoms with Gasteiger partial charge in [-0.15, -0.1) is 0 Å². The maximum absolute atomic E-state index is 13.3. The summed E-state index contributed by atoms with van der Waals surface area (Å²) in [5, 5.41) is 0. The third-order valence-corrected chi connectivity index (χ3v) is 4.41. The second-order valence-corrected chi connectivity index (χ2v) is 6.55. The first-order chi connectivity index (χ1) is 12.8. The van der Waals surface area contributed by atoms with Crippen molar-refractivity contribution in [3.8, 4) is 11.3 Å². The molecule has 3 aromatic rings. The van der Waals surface area contributed by atoms with Gasteiger partial charge in [0.05, 0.1) is 7.05 Å². The lowest BCUT2D eigenvalue weighted by Gasteiger charge is -2.15. The SMILES string of the molecule is Cc1cc(C)c(C)c(-c2c3nc(C(F)(F)F)c(C(F)(F)F)nc3nc[n+]2C)c1. The van der Waals surface area contributed by atoms with Crippen LogP contribution in [0.4, 0.5) is 26.3 Å². The van der Waals surface area contributed by atoms with Gasteiger partial charge in [0.25, 0.3) is 12.0 Å². The number of halogens is 6. The van der Waals surface area contributed by atoms with Crippen LogP contribution in [0.3, 0.4) is 0 Å². The fraction of sp³-hybridized carbons (Fsp3) is 0.333. The monoisotopic (exact) mass is 401 g/mol. The molecular formula is C18H15F6N4+. The Balaban J connectivity index is 2.48. The van der Waals surface area contributed by atoms with Crippen molar-refractivity contribution in [3.05, 3.63) is 46.5 Å². The molecule has 3 rings (SSSR count). The molecule has 148 valence electrons. The Morgan fingerprint density at radius 2 is 1.43 bits per heavy atom. The molecule has 0 unspecified atom stereocenters. The molecule has 0 N–H and O–H groups in total. The molecule has 0 spiro atoms. The van der Waals surface area contributed by atoms with Gasteiger partial charge in [0.2, 0.25) is 0 Å². The second kappa shape index (κ2) is 6.39. The molecule has 0 aliphatic rings. The zero-order chi connectivity index (χ0) is 21.0. The number of rotatable bonds is 1. The lowest BCUT2D eigenvalue weighted by Crippen LogP contribution is -2.33. The Morgan fingerprint density at radius 3 is 2.00 bits per heavy atom. The number of nitrogens with zero attached hydrogens (tertiary/aromatic N) is 4. The van der Waals surface area contributed by atoms with Gasteiger partial charge in [0.1, 0.15) is 0 Å². The van der Waals surface area contributed by atoms with Crippen LogP contribution in [0, 0.1) is 20.8 Å². The molecule has 0 aliphatic heterocycles. The van der Waals surface area contributed by atoms with E-state index in [0.29, 0.717) is 5.56 Å². The standard InChI is InChI=1S/C18H15F6N4/c1-8-5-9(2)10(3)11(6-8)13-12-16(25-7-28(13)4)27-15(18(22,23)24)14(26-12)17(19,20)21/h5-7H,1-4H3/q+1. The van der Waals surface area contributed by atoms with Gasteiger partial charge >= 0.3 is 12.4 Å². The van der Waals surface area contributed by atoms with Gasteiger partial charge in [0.15, 0.2) is 22.6 Å². The lowest BCUT2D eigenvalue weighted by molar-refractivity contribution is -0.662. The zero-order valence-electron chi connectivity index (χ0n) is 15.3. The minimum absolute atomic E-state index is 0.209. The van der Waals surface area contributed by atoms with Crippen molar-refractivity contribution >= 4 is 11.2 Å². The summed E-state index contributed by atoms with van der Waals surface area (Å²) in [5.41, 5.74) is -1.78. The van der Waals surface area contributed by atoms with Gasteiger partial charge in [-0.25, -0.2) is 9.55 Å². The summed E-state index contributed by atoms with van der Waals surface area (Å²) in [5.74, 6) is 0. The number of aromatic nitrogens is 4. The van der Waals surface area contributed by atoms with Crippen molar-refractivity contribution in [2.45, 2.75) is 33.1 Å². The van der Waals surface area contributed by atoms with E-state index in [1.807, 2.05) is 19.9 Å². The van der Waals surface area contributed by atoms with Gasteiger partial charge in [-0.3, -0.25) is 0 Å². The highest BCUT2D eigenvalue weighted by molar-refractivity contribution is 5.86. The van der Waals surface area contributed by atoms with Crippen LogP contribution in [0.15, 0.2) is 18.5 Å². The van der Waals surface area contributed by atoms with Gasteiger partial charge in [-0.05, 0) is 42.9 Å². The highest BCUT2D eigenvalue weighted by Gasteiger charge is 2.47. The summed E-state index contributed by atoms with van der Waals surface area (Å²) >= 11 is 0. The number of fused-ring (bicyclic) bond motifs is 1. The smallest absolute Gasteiger partial charge is 0.231 e. The van der Waals surface area contributed by atoms with Crippen LogP contribution >= 0.6 is 0 Å². The van der Waals surface area contributed by atoms with Gasteiger partial charge in [-0.2, -0.15) is 31.3 Å². The summed E-state index contributed by atoms with van der Waals surface area (Å²) < 4.78 is 80.8. The average molecular weight is 401 g/mol. The van der Waals surface area contributed by atoms with Gasteiger partial charge in [0, 0.05) is 5.56 Å². The van der Waals surface area contributed by atoms with E-state index in [-0.39, 0.29) is 11.2 Å². The average Bonchev–Trinajstić information content (AvgIpc) is 2.55. The molecule has 0 aliphatic carbocycles. The molecule has 0 radical (unpaired) electrons. The van der Waals surface area contributed by atoms with Crippen molar-refractivity contribution in [1.29, 1.82) is 0 Å². The molecule has 2 heterocycles. The first-order valence-electron chi connectivity index (χ1n) is 8.09. The topological polar surface area (TPSA) is 42.6 Å². The second-order valence-electron chi connectivity index (χ2n) is 6.55. The van der Waals surface area contributed by atoms with Crippen LogP contribution in [0.2, 0.25) is 0 Å². The van der Waals surface area contributed by atoms with Gasteiger partial charge < -0.3 is 0 Å². The Hall–Kier alpha value is -2.78. The van der Waals surface area contributed by atoms with Crippen molar-refractivity contribution in [3.63, 3.8) is 0 Å². The van der Waals surface area contributed by atoms with E-state index in [0.717, 1.165) is 16.7 Å². The molecule has 10 heteroatoms. The number of hydrogen-bond acceptors (Lipinski definition) is 3. The number of hydrogen-bond donors (Lipinski definition) is 0. The number of aryl methyl sites for hydroxylation is 3. The highest BCUT2D eigenvalue weighted by atomic mass is 19.4. The van der Waals surface area contributed by atoms with Crippen LogP contribution in [0.1, 0.15) is 28.1 Å². The first-order valence-corrected chi connectivity index (χ1v) is 8.09. The fourth-order valence-electron chi connectivity index (χ4n) is 3.04. The van der Waals surface area contributed by atoms with Crippen molar-refractivity contribution in [2.75, 3.05) is 0 Å². The maximum Gasteiger partial charge on any atom is 0.435 e. The first kappa shape index (κ1) is 20.0. The van der Waals surface area contributed by atoms with Crippen molar-refractivity contribution in [2.24, 2.45) is 7.05 Å². The summed E-state index contributed by atoms with van der Waals surface area (Å²) in [6.45, 7) is 5.43. The fourth-order valence-corrected chi connectivity index (χ4v) is 3.04. The normalized spacial score (nSPS) is 12.6. The van der Waals surface area contributed by atoms with E-state index in [4.69, 9.17) is 0 Å². The Bertz CT molecular complexity index is 1090. The number of benzene rings is 1. The zero-order valence-corrected chi connectivity index (χ0v) is 15.3. The molecule has 28 heavy (non-hydrogen) atoms. The molecule has 2 aromatic heterocycles. The quantitative estimate of drug-likeness (QED) is 0.446. The number of alkyl halides is 6. The lowest BCUT2D eigenvalue weighted by atomic mass is 9.97. The van der Waals surface area contributed by atoms with Crippen LogP contribution < -0.4 is 4.57 Å². The molecule has 0 saturated carbocycles. The van der Waals surface area contributed by atoms with Crippen LogP contribution in [0.5, 0.6) is 0 Å². The molecular weight excluding hydrogens is 386 g/mol. The molecule has 0 fully saturated rings. The molecule has 0 atom stereocenters. The van der Waals surface area contributed by atoms with E-state index >= 15 is 0 Å². The predicted molar refractivity (Wildman–Crippen MR) is 88.2 cm³/mol. The van der Waals surface area contributed by atoms with E-state index in [9.17, 15) is 26.3 Å². The molecule has 0 bridgehead atoms. The van der Waals surface area contributed by atoms with Crippen LogP contribution in [-0.2, 0) is 19.4 Å². The Labute approximate surface area is 155 Å². The largest absolute Gasteiger partial charge is 0.435 e. The summed E-state index contributed by atoms with van der Waals surface area (Å²) in [7, 11) is 1.53. The maximum atomic E-state index is 13.3. The Kier molecular flexibility index (Phi) is 4.55. The van der Waals surface area contributed by atoms with E-state index < -0.39 is 29.4 Å². The van der Waals surface area contributed by atoms with Crippen LogP contribution in [-0.4, -0.2) is 15.0 Å². The molecule has 0 amide bonds. The molecule has 1 aromatic carbocycles. The summed E-state index contributed by atoms with van der Waals surface area (Å²) in [4.78, 5) is 10.3. The van der Waals surface area contributed by atoms with Gasteiger partial charge in [-0.1, -0.05) is 11.6 Å². The van der Waals surface area contributed by atoms with Crippen LogP contribution in [0.25, 0.3) is 22.4 Å². The minimum atomic E-state index is -5.32. The van der Waals surface area contributed by atoms with E-state index in [1.54, 1.807) is 13.0 Å². The molecule has 4 nitrogen and oxygen atoms in total. The third kappa shape index (κ3) is 3.38. The summed E-state index contributed by atoms with van der Waals surface area (Å²) in [6, 6.07) is 3.64. The Morgan fingerprint density at radius 1 is 0.857 bits per heavy atom. The molecule has 0 saturated heterocycles. The minimum Gasteiger partial charge on any atom is -0.231 e. The predicted octanol–water partition coefficient (Wildman–Crippen LogP) is 4.48. The van der Waals surface area contributed by atoms with Crippen molar-refractivity contribution in [1.82, 2.24) is 15.0 Å². The van der Waals surface area contributed by atoms with Crippen molar-refractivity contribution < 1.29 is 30.9 Å². The summed E-state index contributed by atoms with van der Waals surface area (Å²) in [6.07, 6.45) is -9.44.